The Morgan fingerprint density at radius 2 is 0.538 bits per heavy atom. The largest absolute Gasteiger partial charge is 0.549 e. The monoisotopic (exact) mass is 935 g/mol. The number of carboxylic acid groups (broad SMARTS) is 5. The van der Waals surface area contributed by atoms with E-state index in [0.29, 0.717) is 13.1 Å². The molecule has 0 aliphatic carbocycles. The summed E-state index contributed by atoms with van der Waals surface area (Å²) in [5.41, 5.74) is 0. The first-order chi connectivity index (χ1) is 30.2. The highest BCUT2D eigenvalue weighted by Crippen LogP contribution is 2.05. The quantitative estimate of drug-likeness (QED) is 0.0765. The molecule has 0 fully saturated rings. The lowest BCUT2D eigenvalue weighted by molar-refractivity contribution is -0.313. The Hall–Kier alpha value is -3.01. The highest BCUT2D eigenvalue weighted by molar-refractivity contribution is 5.73. The summed E-state index contributed by atoms with van der Waals surface area (Å²) >= 11 is 0. The van der Waals surface area contributed by atoms with E-state index in [-0.39, 0.29) is 20.5 Å². The molecule has 0 amide bonds. The predicted molar refractivity (Wildman–Crippen MR) is 256 cm³/mol. The molecule has 0 spiro atoms. The van der Waals surface area contributed by atoms with Crippen LogP contribution in [0.5, 0.6) is 0 Å². The highest BCUT2D eigenvalue weighted by atomic mass is 16.4. The number of rotatable bonds is 38. The van der Waals surface area contributed by atoms with Gasteiger partial charge in [0.2, 0.25) is 0 Å². The molecule has 0 radical (unpaired) electrons. The van der Waals surface area contributed by atoms with Gasteiger partial charge in [-0.2, -0.15) is 0 Å². The van der Waals surface area contributed by atoms with Gasteiger partial charge in [0.1, 0.15) is 12.1 Å². The Morgan fingerprint density at radius 3 is 0.692 bits per heavy atom. The molecule has 19 heteroatoms. The Labute approximate surface area is 395 Å². The zero-order valence-corrected chi connectivity index (χ0v) is 42.4. The highest BCUT2D eigenvalue weighted by Gasteiger charge is 2.23. The van der Waals surface area contributed by atoms with E-state index in [1.54, 1.807) is 18.7 Å². The van der Waals surface area contributed by atoms with Crippen molar-refractivity contribution in [3.8, 4) is 0 Å². The second-order valence-corrected chi connectivity index (χ2v) is 15.7. The van der Waals surface area contributed by atoms with Crippen LogP contribution in [0.1, 0.15) is 97.4 Å². The lowest BCUT2D eigenvalue weighted by atomic mass is 10.2. The molecule has 0 saturated heterocycles. The summed E-state index contributed by atoms with van der Waals surface area (Å²) < 4.78 is 0. The van der Waals surface area contributed by atoms with Gasteiger partial charge in [-0.3, -0.25) is 29.2 Å². The van der Waals surface area contributed by atoms with Gasteiger partial charge in [0.25, 0.3) is 0 Å². The number of carboxylic acids is 5. The zero-order valence-electron chi connectivity index (χ0n) is 42.4. The van der Waals surface area contributed by atoms with Crippen molar-refractivity contribution in [1.29, 1.82) is 0 Å². The second-order valence-electron chi connectivity index (χ2n) is 15.7. The summed E-state index contributed by atoms with van der Waals surface area (Å²) in [4.78, 5) is 73.4. The van der Waals surface area contributed by atoms with Crippen molar-refractivity contribution in [2.75, 3.05) is 157 Å². The van der Waals surface area contributed by atoms with Crippen molar-refractivity contribution in [3.05, 3.63) is 0 Å². The first-order valence-electron chi connectivity index (χ1n) is 23.8. The molecule has 0 rings (SSSR count). The van der Waals surface area contributed by atoms with E-state index in [2.05, 4.69) is 89.7 Å². The van der Waals surface area contributed by atoms with Gasteiger partial charge >= 0.3 is 11.9 Å². The minimum absolute atomic E-state index is 0. The Balaban J connectivity index is -0.000000429. The standard InChI is InChI=1S/C15H29N3O6.2C15H33N3O2.CH4/c1-4-16(5-2)6-8-18(12(3)15(23)24)9-7-17(10-13(19)20)11-14(21)22;2*1-6-16(7-2)10-12-18(14(5)15(19)20)13-11-17(8-3)9-4;/h12H,4-11H2,1-3H3,(H,19,20)(H,21,22)(H,23,24);2*14H,6-13H2,1-5H3,(H,19,20);1H4/p-3. The third-order valence-electron chi connectivity index (χ3n) is 12.1. The lowest BCUT2D eigenvalue weighted by Crippen LogP contribution is -2.52. The lowest BCUT2D eigenvalue weighted by Gasteiger charge is -2.34. The maximum atomic E-state index is 11.2. The molecule has 2 N–H and O–H groups in total. The molecule has 0 aliphatic rings. The predicted octanol–water partition coefficient (Wildman–Crippen LogP) is -0.903. The summed E-state index contributed by atoms with van der Waals surface area (Å²) in [7, 11) is 0. The maximum Gasteiger partial charge on any atom is 0.320 e. The van der Waals surface area contributed by atoms with E-state index in [1.807, 2.05) is 13.8 Å². The van der Waals surface area contributed by atoms with Crippen molar-refractivity contribution in [2.24, 2.45) is 0 Å². The number of carbonyl (C=O) groups excluding carboxylic acids is 3. The first kappa shape index (κ1) is 68.6. The first-order valence-corrected chi connectivity index (χ1v) is 23.8. The van der Waals surface area contributed by atoms with Gasteiger partial charge in [0, 0.05) is 97.7 Å². The molecule has 0 saturated carbocycles. The van der Waals surface area contributed by atoms with Crippen molar-refractivity contribution >= 4 is 29.8 Å². The molecular weight excluding hydrogens is 839 g/mol. The van der Waals surface area contributed by atoms with E-state index in [4.69, 9.17) is 0 Å². The fraction of sp³-hybridized carbons (Fsp3) is 0.891. The fourth-order valence-electron chi connectivity index (χ4n) is 6.86. The summed E-state index contributed by atoms with van der Waals surface area (Å²) in [5, 5.41) is 51.0. The molecule has 388 valence electrons. The number of carbonyl (C=O) groups is 5. The SMILES string of the molecule is C.CCN(CC)CCN(CCN(CC(=O)[O-])CC(=O)[O-])C(C)C(=O)[O-].CCN(CC)CCN(CCN(CC)CC)C(C)C(=O)O.CCN(CC)CCN(CCN(CC)CC)C(C)C(=O)O. The Morgan fingerprint density at radius 1 is 0.354 bits per heavy atom. The van der Waals surface area contributed by atoms with E-state index >= 15 is 0 Å². The van der Waals surface area contributed by atoms with Gasteiger partial charge in [0.15, 0.2) is 0 Å². The summed E-state index contributed by atoms with van der Waals surface area (Å²) in [6.07, 6.45) is 0. The van der Waals surface area contributed by atoms with E-state index in [1.165, 1.54) is 6.92 Å². The summed E-state index contributed by atoms with van der Waals surface area (Å²) in [6, 6.07) is -1.70. The zero-order chi connectivity index (χ0) is 49.8. The van der Waals surface area contributed by atoms with Crippen LogP contribution in [0.3, 0.4) is 0 Å². The Bertz CT molecular complexity index is 1100. The van der Waals surface area contributed by atoms with Gasteiger partial charge in [-0.05, 0) is 86.2 Å². The summed E-state index contributed by atoms with van der Waals surface area (Å²) in [6.45, 7) is 43.2. The molecule has 0 bridgehead atoms. The van der Waals surface area contributed by atoms with E-state index < -0.39 is 61.1 Å². The van der Waals surface area contributed by atoms with Crippen LogP contribution in [-0.4, -0.2) is 259 Å². The van der Waals surface area contributed by atoms with Gasteiger partial charge in [-0.15, -0.1) is 0 Å². The average molecular weight is 935 g/mol. The summed E-state index contributed by atoms with van der Waals surface area (Å²) in [5.74, 6) is -5.51. The molecular formula is C46H96N9O10-3. The maximum absolute atomic E-state index is 11.2. The van der Waals surface area contributed by atoms with Crippen molar-refractivity contribution < 1.29 is 49.5 Å². The molecule has 0 aliphatic heterocycles. The minimum Gasteiger partial charge on any atom is -0.549 e. The molecule has 0 aromatic carbocycles. The Kier molecular flexibility index (Phi) is 44.7. The molecule has 19 nitrogen and oxygen atoms in total. The number of hydrogen-bond donors (Lipinski definition) is 2. The molecule has 0 aromatic heterocycles. The van der Waals surface area contributed by atoms with Crippen molar-refractivity contribution in [1.82, 2.24) is 44.1 Å². The smallest absolute Gasteiger partial charge is 0.320 e. The molecule has 3 unspecified atom stereocenters. The van der Waals surface area contributed by atoms with Gasteiger partial charge < -0.3 is 64.4 Å². The van der Waals surface area contributed by atoms with Crippen LogP contribution in [0.15, 0.2) is 0 Å². The molecule has 3 atom stereocenters. The van der Waals surface area contributed by atoms with Gasteiger partial charge in [0.05, 0.1) is 17.9 Å². The third-order valence-corrected chi connectivity index (χ3v) is 12.1. The topological polar surface area (TPSA) is 224 Å². The molecule has 0 aromatic rings. The third kappa shape index (κ3) is 34.0. The van der Waals surface area contributed by atoms with Crippen LogP contribution in [0.4, 0.5) is 0 Å². The number of nitrogens with zero attached hydrogens (tertiary/aromatic N) is 9. The fourth-order valence-corrected chi connectivity index (χ4v) is 6.86. The van der Waals surface area contributed by atoms with Crippen LogP contribution in [-0.2, 0) is 24.0 Å². The van der Waals surface area contributed by atoms with E-state index in [9.17, 15) is 49.5 Å². The minimum atomic E-state index is -1.40. The number of hydrogen-bond acceptors (Lipinski definition) is 17. The number of likely N-dealkylation sites (N-methyl/N-ethyl adjacent to an activating group) is 5. The van der Waals surface area contributed by atoms with Crippen LogP contribution < -0.4 is 15.3 Å². The average Bonchev–Trinajstić information content (AvgIpc) is 3.26. The van der Waals surface area contributed by atoms with Crippen LogP contribution in [0.2, 0.25) is 0 Å². The number of aliphatic carboxylic acids is 5. The van der Waals surface area contributed by atoms with Crippen molar-refractivity contribution in [2.45, 2.75) is 116 Å². The van der Waals surface area contributed by atoms with E-state index in [0.717, 1.165) is 123 Å². The van der Waals surface area contributed by atoms with Crippen LogP contribution in [0, 0.1) is 0 Å². The molecule has 65 heavy (non-hydrogen) atoms. The van der Waals surface area contributed by atoms with Gasteiger partial charge in [-0.25, -0.2) is 0 Å². The van der Waals surface area contributed by atoms with Crippen molar-refractivity contribution in [3.63, 3.8) is 0 Å². The van der Waals surface area contributed by atoms with Gasteiger partial charge in [-0.1, -0.05) is 76.7 Å². The normalized spacial score (nSPS) is 13.0. The molecule has 0 heterocycles. The second kappa shape index (κ2) is 42.4. The van der Waals surface area contributed by atoms with Crippen LogP contribution in [0.25, 0.3) is 0 Å². The van der Waals surface area contributed by atoms with Crippen LogP contribution >= 0.6 is 0 Å².